The Labute approximate surface area is 105 Å². The molecule has 0 aliphatic carbocycles. The van der Waals surface area contributed by atoms with Gasteiger partial charge in [0, 0.05) is 0 Å². The van der Waals surface area contributed by atoms with Crippen LogP contribution in [-0.2, 0) is 6.42 Å². The molecule has 2 aromatic rings. The number of hydrogen-bond donors (Lipinski definition) is 2. The van der Waals surface area contributed by atoms with Crippen LogP contribution in [0.25, 0.3) is 0 Å². The third kappa shape index (κ3) is 2.32. The molecule has 1 aromatic carbocycles. The molecule has 4 N–H and O–H groups in total. The lowest BCUT2D eigenvalue weighted by atomic mass is 10.1. The van der Waals surface area contributed by atoms with E-state index in [0.717, 1.165) is 6.42 Å². The number of hydrogen-bond acceptors (Lipinski definition) is 4. The van der Waals surface area contributed by atoms with Crippen molar-refractivity contribution in [2.24, 2.45) is 5.73 Å². The number of nitrogen functional groups attached to an aromatic ring is 1. The van der Waals surface area contributed by atoms with Crippen LogP contribution in [0.1, 0.15) is 29.0 Å². The molecule has 1 amide bonds. The summed E-state index contributed by atoms with van der Waals surface area (Å²) in [6, 6.07) is 9.97. The van der Waals surface area contributed by atoms with Crippen molar-refractivity contribution < 1.29 is 4.79 Å². The van der Waals surface area contributed by atoms with Crippen molar-refractivity contribution in [1.29, 1.82) is 0 Å². The summed E-state index contributed by atoms with van der Waals surface area (Å²) < 4.78 is 1.52. The predicted octanol–water partition coefficient (Wildman–Crippen LogP) is 0.763. The van der Waals surface area contributed by atoms with Crippen LogP contribution in [-0.4, -0.2) is 20.9 Å². The van der Waals surface area contributed by atoms with Gasteiger partial charge in [-0.1, -0.05) is 35.5 Å². The minimum atomic E-state index is -0.661. The normalized spacial score (nSPS) is 12.3. The second-order valence-electron chi connectivity index (χ2n) is 4.17. The molecule has 1 atom stereocenters. The van der Waals surface area contributed by atoms with Gasteiger partial charge in [-0.05, 0) is 18.9 Å². The van der Waals surface area contributed by atoms with E-state index in [1.165, 1.54) is 10.2 Å². The maximum atomic E-state index is 11.0. The van der Waals surface area contributed by atoms with Gasteiger partial charge in [0.05, 0.1) is 6.04 Å². The summed E-state index contributed by atoms with van der Waals surface area (Å²) in [7, 11) is 0. The average Bonchev–Trinajstić information content (AvgIpc) is 2.72. The minimum Gasteiger partial charge on any atom is -0.382 e. The van der Waals surface area contributed by atoms with Gasteiger partial charge in [-0.15, -0.1) is 5.10 Å². The molecule has 0 fully saturated rings. The number of nitrogens with two attached hydrogens (primary N) is 2. The first-order valence-corrected chi connectivity index (χ1v) is 5.64. The van der Waals surface area contributed by atoms with Crippen LogP contribution in [0.2, 0.25) is 0 Å². The standard InChI is InChI=1S/C12H15N5O/c1-8(7-9-5-3-2-4-6-9)17-11(13)10(12(14)18)15-16-17/h2-6,8H,7,13H2,1H3,(H2,14,18). The molecule has 94 valence electrons. The van der Waals surface area contributed by atoms with Crippen molar-refractivity contribution in [3.05, 3.63) is 41.6 Å². The second kappa shape index (κ2) is 4.87. The van der Waals surface area contributed by atoms with Gasteiger partial charge in [-0.3, -0.25) is 4.79 Å². The van der Waals surface area contributed by atoms with Gasteiger partial charge in [0.25, 0.3) is 5.91 Å². The molecule has 0 bridgehead atoms. The topological polar surface area (TPSA) is 99.8 Å². The highest BCUT2D eigenvalue weighted by atomic mass is 16.1. The van der Waals surface area contributed by atoms with Crippen molar-refractivity contribution in [2.45, 2.75) is 19.4 Å². The summed E-state index contributed by atoms with van der Waals surface area (Å²) in [6.07, 6.45) is 0.757. The van der Waals surface area contributed by atoms with Gasteiger partial charge in [0.15, 0.2) is 11.5 Å². The minimum absolute atomic E-state index is 0.00741. The molecule has 0 spiro atoms. The summed E-state index contributed by atoms with van der Waals surface area (Å²) in [5.74, 6) is -0.448. The Kier molecular flexibility index (Phi) is 3.27. The first-order chi connectivity index (χ1) is 8.59. The van der Waals surface area contributed by atoms with Crippen LogP contribution in [0.5, 0.6) is 0 Å². The highest BCUT2D eigenvalue weighted by Crippen LogP contribution is 2.17. The molecule has 0 aliphatic heterocycles. The Morgan fingerprint density at radius 1 is 1.39 bits per heavy atom. The highest BCUT2D eigenvalue weighted by Gasteiger charge is 2.18. The van der Waals surface area contributed by atoms with Crippen LogP contribution in [0.4, 0.5) is 5.82 Å². The second-order valence-corrected chi connectivity index (χ2v) is 4.17. The van der Waals surface area contributed by atoms with Crippen LogP contribution >= 0.6 is 0 Å². The summed E-state index contributed by atoms with van der Waals surface area (Å²) >= 11 is 0. The van der Waals surface area contributed by atoms with Crippen LogP contribution in [0.15, 0.2) is 30.3 Å². The summed E-state index contributed by atoms with van der Waals surface area (Å²) in [5.41, 5.74) is 12.1. The Morgan fingerprint density at radius 2 is 2.06 bits per heavy atom. The van der Waals surface area contributed by atoms with E-state index in [9.17, 15) is 4.79 Å². The molecule has 0 aliphatic rings. The molecule has 0 saturated carbocycles. The van der Waals surface area contributed by atoms with Crippen molar-refractivity contribution in [3.63, 3.8) is 0 Å². The number of carbonyl (C=O) groups is 1. The molecular formula is C12H15N5O. The molecule has 1 aromatic heterocycles. The predicted molar refractivity (Wildman–Crippen MR) is 67.8 cm³/mol. The first-order valence-electron chi connectivity index (χ1n) is 5.64. The summed E-state index contributed by atoms with van der Waals surface area (Å²) in [6.45, 7) is 1.96. The Bertz CT molecular complexity index is 549. The molecule has 18 heavy (non-hydrogen) atoms. The third-order valence-electron chi connectivity index (χ3n) is 2.76. The highest BCUT2D eigenvalue weighted by molar-refractivity contribution is 5.94. The molecule has 6 heteroatoms. The molecule has 2 rings (SSSR count). The summed E-state index contributed by atoms with van der Waals surface area (Å²) in [5, 5.41) is 7.57. The Balaban J connectivity index is 2.19. The number of benzene rings is 1. The zero-order chi connectivity index (χ0) is 13.1. The van der Waals surface area contributed by atoms with Gasteiger partial charge in [-0.25, -0.2) is 4.68 Å². The van der Waals surface area contributed by atoms with Gasteiger partial charge < -0.3 is 11.5 Å². The van der Waals surface area contributed by atoms with Crippen molar-refractivity contribution >= 4 is 11.7 Å². The maximum absolute atomic E-state index is 11.0. The monoisotopic (exact) mass is 245 g/mol. The summed E-state index contributed by atoms with van der Waals surface area (Å²) in [4.78, 5) is 11.0. The molecular weight excluding hydrogens is 230 g/mol. The zero-order valence-corrected chi connectivity index (χ0v) is 10.1. The van der Waals surface area contributed by atoms with Crippen LogP contribution in [0.3, 0.4) is 0 Å². The van der Waals surface area contributed by atoms with E-state index in [-0.39, 0.29) is 17.6 Å². The number of amides is 1. The molecule has 0 radical (unpaired) electrons. The SMILES string of the molecule is CC(Cc1ccccc1)n1nnc(C(N)=O)c1N. The van der Waals surface area contributed by atoms with Gasteiger partial charge in [0.2, 0.25) is 0 Å². The van der Waals surface area contributed by atoms with Crippen molar-refractivity contribution in [1.82, 2.24) is 15.0 Å². The Morgan fingerprint density at radius 3 is 2.61 bits per heavy atom. The van der Waals surface area contributed by atoms with E-state index in [1.807, 2.05) is 37.3 Å². The van der Waals surface area contributed by atoms with Crippen molar-refractivity contribution in [2.75, 3.05) is 5.73 Å². The van der Waals surface area contributed by atoms with Gasteiger partial charge in [-0.2, -0.15) is 0 Å². The molecule has 1 unspecified atom stereocenters. The number of carbonyl (C=O) groups excluding carboxylic acids is 1. The lowest BCUT2D eigenvalue weighted by Crippen LogP contribution is -2.16. The molecule has 1 heterocycles. The fourth-order valence-corrected chi connectivity index (χ4v) is 1.84. The lowest BCUT2D eigenvalue weighted by Gasteiger charge is -2.12. The van der Waals surface area contributed by atoms with Gasteiger partial charge in [0.1, 0.15) is 0 Å². The lowest BCUT2D eigenvalue weighted by molar-refractivity contribution is 0.0996. The maximum Gasteiger partial charge on any atom is 0.273 e. The molecule has 6 nitrogen and oxygen atoms in total. The smallest absolute Gasteiger partial charge is 0.273 e. The number of anilines is 1. The third-order valence-corrected chi connectivity index (χ3v) is 2.76. The number of primary amides is 1. The van der Waals surface area contributed by atoms with Gasteiger partial charge >= 0.3 is 0 Å². The number of nitrogens with zero attached hydrogens (tertiary/aromatic N) is 3. The van der Waals surface area contributed by atoms with E-state index in [1.54, 1.807) is 0 Å². The van der Waals surface area contributed by atoms with Crippen molar-refractivity contribution in [3.8, 4) is 0 Å². The fourth-order valence-electron chi connectivity index (χ4n) is 1.84. The van der Waals surface area contributed by atoms with E-state index in [0.29, 0.717) is 0 Å². The van der Waals surface area contributed by atoms with Crippen LogP contribution in [0, 0.1) is 0 Å². The van der Waals surface area contributed by atoms with E-state index >= 15 is 0 Å². The van der Waals surface area contributed by atoms with E-state index in [2.05, 4.69) is 10.3 Å². The number of rotatable bonds is 4. The largest absolute Gasteiger partial charge is 0.382 e. The van der Waals surface area contributed by atoms with E-state index < -0.39 is 5.91 Å². The van der Waals surface area contributed by atoms with Crippen LogP contribution < -0.4 is 11.5 Å². The number of aromatic nitrogens is 3. The zero-order valence-electron chi connectivity index (χ0n) is 10.1. The molecule has 0 saturated heterocycles. The average molecular weight is 245 g/mol. The Hall–Kier alpha value is -2.37. The quantitative estimate of drug-likeness (QED) is 0.830. The van der Waals surface area contributed by atoms with E-state index in [4.69, 9.17) is 11.5 Å². The fraction of sp³-hybridized carbons (Fsp3) is 0.250. The first kappa shape index (κ1) is 12.1.